The van der Waals surface area contributed by atoms with Crippen molar-refractivity contribution in [3.05, 3.63) is 78.4 Å². The fourth-order valence-corrected chi connectivity index (χ4v) is 3.86. The molecule has 126 valence electrons. The zero-order chi connectivity index (χ0) is 17.1. The molecule has 0 N–H and O–H groups in total. The van der Waals surface area contributed by atoms with Gasteiger partial charge in [0.05, 0.1) is 11.0 Å². The van der Waals surface area contributed by atoms with Crippen LogP contribution in [0, 0.1) is 0 Å². The Labute approximate surface area is 149 Å². The van der Waals surface area contributed by atoms with E-state index in [1.165, 1.54) is 58.7 Å². The molecule has 1 heteroatoms. The summed E-state index contributed by atoms with van der Waals surface area (Å²) in [5, 5.41) is 2.66. The number of para-hydroxylation sites is 3. The van der Waals surface area contributed by atoms with Crippen LogP contribution in [0.5, 0.6) is 0 Å². The number of rotatable bonds is 6. The molecule has 4 rings (SSSR count). The monoisotopic (exact) mass is 327 g/mol. The molecule has 0 atom stereocenters. The Hall–Kier alpha value is -2.54. The van der Waals surface area contributed by atoms with Gasteiger partial charge in [0.2, 0.25) is 0 Å². The maximum Gasteiger partial charge on any atom is 0.0541 e. The van der Waals surface area contributed by atoms with Crippen LogP contribution in [0.1, 0.15) is 38.2 Å². The molecule has 0 aliphatic rings. The van der Waals surface area contributed by atoms with E-state index in [1.807, 2.05) is 0 Å². The van der Waals surface area contributed by atoms with E-state index in [0.717, 1.165) is 6.42 Å². The minimum Gasteiger partial charge on any atom is -0.309 e. The van der Waals surface area contributed by atoms with E-state index in [1.54, 1.807) is 0 Å². The molecule has 0 unspecified atom stereocenters. The third-order valence-corrected chi connectivity index (χ3v) is 5.11. The van der Waals surface area contributed by atoms with Gasteiger partial charge >= 0.3 is 0 Å². The maximum absolute atomic E-state index is 2.44. The normalized spacial score (nSPS) is 11.4. The van der Waals surface area contributed by atoms with E-state index in [0.29, 0.717) is 0 Å². The molecule has 3 aromatic carbocycles. The summed E-state index contributed by atoms with van der Waals surface area (Å²) in [6, 6.07) is 26.4. The Kier molecular flexibility index (Phi) is 4.56. The molecule has 0 spiro atoms. The highest BCUT2D eigenvalue weighted by Gasteiger charge is 2.13. The molecule has 0 fully saturated rings. The summed E-state index contributed by atoms with van der Waals surface area (Å²) in [6.45, 7) is 2.27. The summed E-state index contributed by atoms with van der Waals surface area (Å²) in [6.07, 6.45) is 6.35. The van der Waals surface area contributed by atoms with Crippen LogP contribution in [0.15, 0.2) is 72.8 Å². The first-order chi connectivity index (χ1) is 12.4. The Bertz CT molecular complexity index is 940. The first-order valence-electron chi connectivity index (χ1n) is 9.46. The number of aryl methyl sites for hydroxylation is 1. The lowest BCUT2D eigenvalue weighted by Crippen LogP contribution is -1.99. The standard InChI is InChI=1S/C24H25N/c1-2-3-4-5-12-19-13-6-9-16-22(19)25-23-17-10-7-14-20(23)21-15-8-11-18-24(21)25/h6-11,13-18H,2-5,12H2,1H3. The Balaban J connectivity index is 1.87. The third kappa shape index (κ3) is 2.95. The quantitative estimate of drug-likeness (QED) is 0.339. The lowest BCUT2D eigenvalue weighted by atomic mass is 10.0. The summed E-state index contributed by atoms with van der Waals surface area (Å²) < 4.78 is 2.44. The van der Waals surface area contributed by atoms with Crippen molar-refractivity contribution in [3.63, 3.8) is 0 Å². The maximum atomic E-state index is 2.44. The van der Waals surface area contributed by atoms with Gasteiger partial charge in [-0.15, -0.1) is 0 Å². The van der Waals surface area contributed by atoms with Crippen molar-refractivity contribution < 1.29 is 0 Å². The average Bonchev–Trinajstić information content (AvgIpc) is 3.00. The van der Waals surface area contributed by atoms with E-state index < -0.39 is 0 Å². The average molecular weight is 327 g/mol. The van der Waals surface area contributed by atoms with Gasteiger partial charge in [-0.25, -0.2) is 0 Å². The second-order valence-corrected chi connectivity index (χ2v) is 6.81. The van der Waals surface area contributed by atoms with Crippen LogP contribution in [0.4, 0.5) is 0 Å². The SMILES string of the molecule is CCCCCCc1ccccc1-n1c2ccccc2c2ccccc21. The van der Waals surface area contributed by atoms with Crippen molar-refractivity contribution in [1.29, 1.82) is 0 Å². The van der Waals surface area contributed by atoms with Crippen LogP contribution < -0.4 is 0 Å². The molecule has 0 saturated carbocycles. The fraction of sp³-hybridized carbons (Fsp3) is 0.250. The van der Waals surface area contributed by atoms with Crippen LogP contribution in [0.2, 0.25) is 0 Å². The molecule has 1 heterocycles. The van der Waals surface area contributed by atoms with E-state index in [-0.39, 0.29) is 0 Å². The van der Waals surface area contributed by atoms with Gasteiger partial charge in [0.1, 0.15) is 0 Å². The number of nitrogens with zero attached hydrogens (tertiary/aromatic N) is 1. The van der Waals surface area contributed by atoms with Gasteiger partial charge in [0.25, 0.3) is 0 Å². The van der Waals surface area contributed by atoms with Crippen LogP contribution >= 0.6 is 0 Å². The van der Waals surface area contributed by atoms with Crippen molar-refractivity contribution in [2.24, 2.45) is 0 Å². The zero-order valence-corrected chi connectivity index (χ0v) is 14.9. The van der Waals surface area contributed by atoms with Crippen LogP contribution in [0.3, 0.4) is 0 Å². The Morgan fingerprint density at radius 1 is 0.640 bits per heavy atom. The predicted octanol–water partition coefficient (Wildman–Crippen LogP) is 6.91. The molecule has 4 aromatic rings. The lowest BCUT2D eigenvalue weighted by Gasteiger charge is -2.13. The summed E-state index contributed by atoms with van der Waals surface area (Å²) >= 11 is 0. The van der Waals surface area contributed by atoms with Gasteiger partial charge in [-0.05, 0) is 36.6 Å². The molecule has 25 heavy (non-hydrogen) atoms. The van der Waals surface area contributed by atoms with Gasteiger partial charge in [-0.1, -0.05) is 80.8 Å². The number of aromatic nitrogens is 1. The van der Waals surface area contributed by atoms with Gasteiger partial charge in [-0.2, -0.15) is 0 Å². The van der Waals surface area contributed by atoms with Crippen molar-refractivity contribution in [1.82, 2.24) is 4.57 Å². The molecular formula is C24H25N. The van der Waals surface area contributed by atoms with Crippen LogP contribution in [-0.2, 0) is 6.42 Å². The first kappa shape index (κ1) is 16.0. The number of fused-ring (bicyclic) bond motifs is 3. The van der Waals surface area contributed by atoms with E-state index in [9.17, 15) is 0 Å². The van der Waals surface area contributed by atoms with E-state index in [2.05, 4.69) is 84.3 Å². The fourth-order valence-electron chi connectivity index (χ4n) is 3.86. The topological polar surface area (TPSA) is 4.93 Å². The molecule has 0 saturated heterocycles. The molecule has 0 aliphatic heterocycles. The summed E-state index contributed by atoms with van der Waals surface area (Å²) in [7, 11) is 0. The van der Waals surface area contributed by atoms with Crippen molar-refractivity contribution in [2.75, 3.05) is 0 Å². The lowest BCUT2D eigenvalue weighted by molar-refractivity contribution is 0.666. The van der Waals surface area contributed by atoms with Gasteiger partial charge in [0, 0.05) is 16.5 Å². The number of benzene rings is 3. The third-order valence-electron chi connectivity index (χ3n) is 5.11. The van der Waals surface area contributed by atoms with Crippen LogP contribution in [0.25, 0.3) is 27.5 Å². The molecular weight excluding hydrogens is 302 g/mol. The van der Waals surface area contributed by atoms with Crippen LogP contribution in [-0.4, -0.2) is 4.57 Å². The summed E-state index contributed by atoms with van der Waals surface area (Å²) in [4.78, 5) is 0. The molecule has 1 aromatic heterocycles. The Morgan fingerprint density at radius 2 is 1.24 bits per heavy atom. The summed E-state index contributed by atoms with van der Waals surface area (Å²) in [5.41, 5.74) is 5.37. The first-order valence-corrected chi connectivity index (χ1v) is 9.46. The minimum absolute atomic E-state index is 1.15. The second-order valence-electron chi connectivity index (χ2n) is 6.81. The highest BCUT2D eigenvalue weighted by molar-refractivity contribution is 6.09. The van der Waals surface area contributed by atoms with Crippen molar-refractivity contribution in [3.8, 4) is 5.69 Å². The van der Waals surface area contributed by atoms with E-state index in [4.69, 9.17) is 0 Å². The van der Waals surface area contributed by atoms with Gasteiger partial charge in [0.15, 0.2) is 0 Å². The number of hydrogen-bond donors (Lipinski definition) is 0. The smallest absolute Gasteiger partial charge is 0.0541 e. The molecule has 0 bridgehead atoms. The largest absolute Gasteiger partial charge is 0.309 e. The van der Waals surface area contributed by atoms with Gasteiger partial charge < -0.3 is 4.57 Å². The number of unbranched alkanes of at least 4 members (excludes halogenated alkanes) is 3. The van der Waals surface area contributed by atoms with E-state index >= 15 is 0 Å². The van der Waals surface area contributed by atoms with Crippen molar-refractivity contribution >= 4 is 21.8 Å². The molecule has 0 amide bonds. The number of hydrogen-bond acceptors (Lipinski definition) is 0. The minimum atomic E-state index is 1.15. The zero-order valence-electron chi connectivity index (χ0n) is 14.9. The molecule has 0 radical (unpaired) electrons. The summed E-state index contributed by atoms with van der Waals surface area (Å²) in [5.74, 6) is 0. The Morgan fingerprint density at radius 3 is 1.92 bits per heavy atom. The highest BCUT2D eigenvalue weighted by Crippen LogP contribution is 2.33. The second kappa shape index (κ2) is 7.14. The van der Waals surface area contributed by atoms with Crippen molar-refractivity contribution in [2.45, 2.75) is 39.0 Å². The highest BCUT2D eigenvalue weighted by atomic mass is 15.0. The predicted molar refractivity (Wildman–Crippen MR) is 109 cm³/mol. The molecule has 0 aliphatic carbocycles. The molecule has 1 nitrogen and oxygen atoms in total. The van der Waals surface area contributed by atoms with Gasteiger partial charge in [-0.3, -0.25) is 0 Å².